The third-order valence-electron chi connectivity index (χ3n) is 4.68. The highest BCUT2D eigenvalue weighted by atomic mass is 35.5. The van der Waals surface area contributed by atoms with Gasteiger partial charge in [0.1, 0.15) is 23.1 Å². The third kappa shape index (κ3) is 5.62. The summed E-state index contributed by atoms with van der Waals surface area (Å²) in [6.07, 6.45) is 1.58. The van der Waals surface area contributed by atoms with E-state index in [2.05, 4.69) is 15.6 Å². The number of aryl methyl sites for hydroxylation is 1. The van der Waals surface area contributed by atoms with Crippen LogP contribution in [0.15, 0.2) is 53.2 Å². The van der Waals surface area contributed by atoms with E-state index in [1.165, 1.54) is 0 Å². The molecule has 2 aromatic carbocycles. The van der Waals surface area contributed by atoms with E-state index < -0.39 is 5.91 Å². The van der Waals surface area contributed by atoms with Crippen molar-refractivity contribution in [2.24, 2.45) is 0 Å². The fourth-order valence-electron chi connectivity index (χ4n) is 3.01. The molecule has 0 spiro atoms. The zero-order valence-corrected chi connectivity index (χ0v) is 20.1. The molecule has 2 heterocycles. The van der Waals surface area contributed by atoms with Crippen molar-refractivity contribution in [2.75, 3.05) is 5.32 Å². The number of hydrogen-bond acceptors (Lipinski definition) is 5. The first-order valence-electron chi connectivity index (χ1n) is 9.62. The standard InChI is InChI=1S/C22H16Cl4N4O3/c1-12-17(11-32-16-4-2-3-14(23)7-16)20(29-33-12)22(31)27-21-19(26)10-30(28-21)9-13-5-6-15(24)8-18(13)25/h2-8,10H,9,11H2,1H3,(H,27,28,31). The lowest BCUT2D eigenvalue weighted by Gasteiger charge is -2.07. The molecule has 11 heteroatoms. The van der Waals surface area contributed by atoms with Crippen molar-refractivity contribution in [3.8, 4) is 5.75 Å². The smallest absolute Gasteiger partial charge is 0.279 e. The van der Waals surface area contributed by atoms with Crippen LogP contribution in [-0.4, -0.2) is 20.8 Å². The minimum atomic E-state index is -0.534. The zero-order valence-electron chi connectivity index (χ0n) is 17.1. The Balaban J connectivity index is 1.47. The average molecular weight is 526 g/mol. The van der Waals surface area contributed by atoms with Gasteiger partial charge in [-0.15, -0.1) is 0 Å². The van der Waals surface area contributed by atoms with Crippen molar-refractivity contribution in [1.82, 2.24) is 14.9 Å². The van der Waals surface area contributed by atoms with Crippen LogP contribution >= 0.6 is 46.4 Å². The number of nitrogens with zero attached hydrogens (tertiary/aromatic N) is 3. The van der Waals surface area contributed by atoms with Crippen LogP contribution in [0.4, 0.5) is 5.82 Å². The van der Waals surface area contributed by atoms with Crippen molar-refractivity contribution in [2.45, 2.75) is 20.1 Å². The number of carbonyl (C=O) groups excluding carboxylic acids is 1. The van der Waals surface area contributed by atoms with Crippen LogP contribution in [0.1, 0.15) is 27.4 Å². The van der Waals surface area contributed by atoms with Gasteiger partial charge in [0.2, 0.25) is 0 Å². The van der Waals surface area contributed by atoms with E-state index in [9.17, 15) is 4.79 Å². The van der Waals surface area contributed by atoms with E-state index in [0.717, 1.165) is 5.56 Å². The summed E-state index contributed by atoms with van der Waals surface area (Å²) in [5, 5.41) is 12.7. The number of carbonyl (C=O) groups is 1. The molecule has 0 saturated carbocycles. The van der Waals surface area contributed by atoms with Crippen LogP contribution in [0.5, 0.6) is 5.75 Å². The van der Waals surface area contributed by atoms with Gasteiger partial charge in [-0.3, -0.25) is 9.48 Å². The summed E-state index contributed by atoms with van der Waals surface area (Å²) >= 11 is 24.4. The van der Waals surface area contributed by atoms with Crippen LogP contribution < -0.4 is 10.1 Å². The lowest BCUT2D eigenvalue weighted by atomic mass is 10.2. The fourth-order valence-corrected chi connectivity index (χ4v) is 3.85. The molecule has 0 aliphatic carbocycles. The number of ether oxygens (including phenoxy) is 1. The molecule has 0 aliphatic rings. The molecule has 0 bridgehead atoms. The fraction of sp³-hybridized carbons (Fsp3) is 0.136. The van der Waals surface area contributed by atoms with Gasteiger partial charge in [-0.1, -0.05) is 63.7 Å². The second-order valence-corrected chi connectivity index (χ2v) is 8.71. The summed E-state index contributed by atoms with van der Waals surface area (Å²) in [6.45, 7) is 2.10. The molecule has 33 heavy (non-hydrogen) atoms. The average Bonchev–Trinajstić information content (AvgIpc) is 3.30. The quantitative estimate of drug-likeness (QED) is 0.291. The van der Waals surface area contributed by atoms with E-state index in [-0.39, 0.29) is 23.1 Å². The minimum absolute atomic E-state index is 0.0651. The van der Waals surface area contributed by atoms with Gasteiger partial charge in [-0.25, -0.2) is 0 Å². The molecule has 0 atom stereocenters. The molecular weight excluding hydrogens is 510 g/mol. The van der Waals surface area contributed by atoms with Crippen LogP contribution in [0, 0.1) is 6.92 Å². The maximum Gasteiger partial charge on any atom is 0.279 e. The van der Waals surface area contributed by atoms with Crippen LogP contribution in [-0.2, 0) is 13.2 Å². The number of halogens is 4. The summed E-state index contributed by atoms with van der Waals surface area (Å²) < 4.78 is 12.5. The van der Waals surface area contributed by atoms with E-state index in [1.54, 1.807) is 60.3 Å². The molecule has 1 N–H and O–H groups in total. The summed E-state index contributed by atoms with van der Waals surface area (Å²) in [5.74, 6) is 0.649. The van der Waals surface area contributed by atoms with Crippen LogP contribution in [0.3, 0.4) is 0 Å². The van der Waals surface area contributed by atoms with Crippen molar-refractivity contribution < 1.29 is 14.1 Å². The molecule has 0 radical (unpaired) electrons. The van der Waals surface area contributed by atoms with Crippen molar-refractivity contribution in [1.29, 1.82) is 0 Å². The Morgan fingerprint density at radius 3 is 2.64 bits per heavy atom. The monoisotopic (exact) mass is 524 g/mol. The molecule has 1 amide bonds. The lowest BCUT2D eigenvalue weighted by Crippen LogP contribution is -2.16. The number of amides is 1. The largest absolute Gasteiger partial charge is 0.489 e. The molecule has 0 aliphatic heterocycles. The Labute approximate surface area is 209 Å². The highest BCUT2D eigenvalue weighted by Gasteiger charge is 2.22. The molecule has 4 rings (SSSR count). The molecular formula is C22H16Cl4N4O3. The highest BCUT2D eigenvalue weighted by Crippen LogP contribution is 2.26. The number of nitrogens with one attached hydrogen (secondary N) is 1. The Morgan fingerprint density at radius 2 is 1.88 bits per heavy atom. The van der Waals surface area contributed by atoms with Crippen LogP contribution in [0.25, 0.3) is 0 Å². The number of rotatable bonds is 7. The molecule has 0 saturated heterocycles. The Kier molecular flexibility index (Phi) is 7.14. The number of hydrogen-bond donors (Lipinski definition) is 1. The minimum Gasteiger partial charge on any atom is -0.489 e. The first-order chi connectivity index (χ1) is 15.8. The molecule has 0 fully saturated rings. The van der Waals surface area contributed by atoms with E-state index in [0.29, 0.717) is 38.7 Å². The first kappa shape index (κ1) is 23.4. The van der Waals surface area contributed by atoms with E-state index >= 15 is 0 Å². The molecule has 2 aromatic heterocycles. The second kappa shape index (κ2) is 10.1. The third-order valence-corrected chi connectivity index (χ3v) is 5.77. The first-order valence-corrected chi connectivity index (χ1v) is 11.1. The number of aromatic nitrogens is 3. The summed E-state index contributed by atoms with van der Waals surface area (Å²) in [5.41, 5.74) is 1.36. The van der Waals surface area contributed by atoms with Gasteiger partial charge in [-0.2, -0.15) is 5.10 Å². The van der Waals surface area contributed by atoms with E-state index in [1.807, 2.05) is 0 Å². The topological polar surface area (TPSA) is 82.2 Å². The lowest BCUT2D eigenvalue weighted by molar-refractivity contribution is 0.101. The Hall–Kier alpha value is -2.71. The molecule has 4 aromatic rings. The van der Waals surface area contributed by atoms with Crippen molar-refractivity contribution in [3.63, 3.8) is 0 Å². The molecule has 7 nitrogen and oxygen atoms in total. The predicted octanol–water partition coefficient (Wildman–Crippen LogP) is 6.67. The number of anilines is 1. The Morgan fingerprint density at radius 1 is 1.09 bits per heavy atom. The molecule has 0 unspecified atom stereocenters. The van der Waals surface area contributed by atoms with Gasteiger partial charge < -0.3 is 14.6 Å². The van der Waals surface area contributed by atoms with Crippen molar-refractivity contribution in [3.05, 3.63) is 91.3 Å². The van der Waals surface area contributed by atoms with Gasteiger partial charge in [0, 0.05) is 21.3 Å². The SMILES string of the molecule is Cc1onc(C(=O)Nc2nn(Cc3ccc(Cl)cc3Cl)cc2Cl)c1COc1cccc(Cl)c1. The van der Waals surface area contributed by atoms with Gasteiger partial charge in [0.25, 0.3) is 5.91 Å². The number of benzene rings is 2. The van der Waals surface area contributed by atoms with Gasteiger partial charge >= 0.3 is 0 Å². The highest BCUT2D eigenvalue weighted by molar-refractivity contribution is 6.35. The Bertz CT molecular complexity index is 1320. The maximum absolute atomic E-state index is 12.9. The zero-order chi connectivity index (χ0) is 23.5. The predicted molar refractivity (Wildman–Crippen MR) is 128 cm³/mol. The van der Waals surface area contributed by atoms with Crippen LogP contribution in [0.2, 0.25) is 20.1 Å². The van der Waals surface area contributed by atoms with Gasteiger partial charge in [-0.05, 0) is 42.8 Å². The van der Waals surface area contributed by atoms with E-state index in [4.69, 9.17) is 55.7 Å². The second-order valence-electron chi connectivity index (χ2n) is 7.03. The van der Waals surface area contributed by atoms with Gasteiger partial charge in [0.05, 0.1) is 12.1 Å². The molecule has 170 valence electrons. The summed E-state index contributed by atoms with van der Waals surface area (Å²) in [4.78, 5) is 12.9. The summed E-state index contributed by atoms with van der Waals surface area (Å²) in [7, 11) is 0. The summed E-state index contributed by atoms with van der Waals surface area (Å²) in [6, 6.07) is 12.1. The van der Waals surface area contributed by atoms with Crippen molar-refractivity contribution >= 4 is 58.1 Å². The normalized spacial score (nSPS) is 10.9. The van der Waals surface area contributed by atoms with Gasteiger partial charge in [0.15, 0.2) is 11.5 Å². The maximum atomic E-state index is 12.9.